The minimum absolute atomic E-state index is 0.353. The maximum absolute atomic E-state index is 11.2. The number of urea groups is 1. The van der Waals surface area contributed by atoms with E-state index in [1.54, 1.807) is 18.2 Å². The Morgan fingerprint density at radius 1 is 1.40 bits per heavy atom. The van der Waals surface area contributed by atoms with Gasteiger partial charge in [-0.25, -0.2) is 9.59 Å². The predicted molar refractivity (Wildman–Crippen MR) is 52.2 cm³/mol. The van der Waals surface area contributed by atoms with E-state index in [4.69, 9.17) is 5.11 Å². The first kappa shape index (κ1) is 9.51. The minimum atomic E-state index is -1.06. The van der Waals surface area contributed by atoms with E-state index in [2.05, 4.69) is 10.6 Å². The molecule has 0 aromatic heterocycles. The van der Waals surface area contributed by atoms with Gasteiger partial charge in [-0.2, -0.15) is 0 Å². The zero-order valence-electron chi connectivity index (χ0n) is 7.86. The second-order valence-corrected chi connectivity index (χ2v) is 3.30. The topological polar surface area (TPSA) is 78.4 Å². The van der Waals surface area contributed by atoms with Gasteiger partial charge in [0.25, 0.3) is 0 Å². The number of hydrogen-bond acceptors (Lipinski definition) is 2. The molecule has 5 heteroatoms. The van der Waals surface area contributed by atoms with Crippen LogP contribution >= 0.6 is 0 Å². The number of carboxylic acid groups (broad SMARTS) is 1. The fraction of sp³-hybridized carbons (Fsp3) is 0.200. The van der Waals surface area contributed by atoms with Crippen molar-refractivity contribution in [3.8, 4) is 0 Å². The van der Waals surface area contributed by atoms with Crippen molar-refractivity contribution in [1.29, 1.82) is 0 Å². The monoisotopic (exact) mass is 206 g/mol. The smallest absolute Gasteiger partial charge is 0.330 e. The minimum Gasteiger partial charge on any atom is -0.479 e. The second-order valence-electron chi connectivity index (χ2n) is 3.30. The molecule has 1 heterocycles. The lowest BCUT2D eigenvalue weighted by molar-refractivity contribution is -0.139. The lowest BCUT2D eigenvalue weighted by Crippen LogP contribution is -2.37. The van der Waals surface area contributed by atoms with Gasteiger partial charge in [-0.05, 0) is 11.1 Å². The highest BCUT2D eigenvalue weighted by Gasteiger charge is 2.26. The van der Waals surface area contributed by atoms with Crippen molar-refractivity contribution < 1.29 is 14.7 Å². The lowest BCUT2D eigenvalue weighted by Gasteiger charge is -2.12. The number of nitrogens with one attached hydrogen (secondary N) is 2. The Bertz CT molecular complexity index is 417. The molecule has 1 aromatic rings. The van der Waals surface area contributed by atoms with E-state index in [-0.39, 0.29) is 0 Å². The van der Waals surface area contributed by atoms with Crippen molar-refractivity contribution in [3.63, 3.8) is 0 Å². The molecule has 1 unspecified atom stereocenters. The summed E-state index contributed by atoms with van der Waals surface area (Å²) in [6.45, 7) is 0.353. The van der Waals surface area contributed by atoms with Crippen LogP contribution in [0, 0.1) is 0 Å². The van der Waals surface area contributed by atoms with Crippen LogP contribution in [0.15, 0.2) is 24.3 Å². The van der Waals surface area contributed by atoms with Gasteiger partial charge >= 0.3 is 12.0 Å². The standard InChI is InChI=1S/C10H10N2O3/c13-9(14)8-7-4-2-1-3-6(7)5-11-10(15)12-8/h1-4,8H,5H2,(H,13,14)(H2,11,12,15). The Kier molecular flexibility index (Phi) is 2.29. The van der Waals surface area contributed by atoms with Gasteiger partial charge in [0.05, 0.1) is 0 Å². The molecule has 0 saturated carbocycles. The van der Waals surface area contributed by atoms with Crippen molar-refractivity contribution >= 4 is 12.0 Å². The van der Waals surface area contributed by atoms with Crippen molar-refractivity contribution in [1.82, 2.24) is 10.6 Å². The van der Waals surface area contributed by atoms with Gasteiger partial charge in [-0.15, -0.1) is 0 Å². The Morgan fingerprint density at radius 3 is 2.87 bits per heavy atom. The molecule has 1 aromatic carbocycles. The number of rotatable bonds is 1. The van der Waals surface area contributed by atoms with E-state index in [0.29, 0.717) is 12.1 Å². The van der Waals surface area contributed by atoms with Crippen molar-refractivity contribution in [2.75, 3.05) is 0 Å². The number of hydrogen-bond donors (Lipinski definition) is 3. The molecular formula is C10H10N2O3. The molecule has 5 nitrogen and oxygen atoms in total. The molecule has 0 fully saturated rings. The van der Waals surface area contributed by atoms with Crippen LogP contribution in [-0.4, -0.2) is 17.1 Å². The summed E-state index contributed by atoms with van der Waals surface area (Å²) >= 11 is 0. The molecule has 1 atom stereocenters. The van der Waals surface area contributed by atoms with Crippen LogP contribution in [-0.2, 0) is 11.3 Å². The van der Waals surface area contributed by atoms with Gasteiger partial charge in [0, 0.05) is 6.54 Å². The fourth-order valence-corrected chi connectivity index (χ4v) is 1.61. The second kappa shape index (κ2) is 3.61. The molecule has 1 aliphatic heterocycles. The molecule has 0 spiro atoms. The highest BCUT2D eigenvalue weighted by atomic mass is 16.4. The van der Waals surface area contributed by atoms with Gasteiger partial charge in [-0.1, -0.05) is 24.3 Å². The van der Waals surface area contributed by atoms with Crippen LogP contribution < -0.4 is 10.6 Å². The maximum Gasteiger partial charge on any atom is 0.330 e. The lowest BCUT2D eigenvalue weighted by atomic mass is 10.0. The first-order valence-electron chi connectivity index (χ1n) is 4.53. The summed E-state index contributed by atoms with van der Waals surface area (Å²) in [5, 5.41) is 13.9. The van der Waals surface area contributed by atoms with E-state index in [9.17, 15) is 9.59 Å². The number of amides is 2. The van der Waals surface area contributed by atoms with Crippen LogP contribution in [0.2, 0.25) is 0 Å². The van der Waals surface area contributed by atoms with Crippen LogP contribution in [0.3, 0.4) is 0 Å². The van der Waals surface area contributed by atoms with Crippen molar-refractivity contribution in [2.24, 2.45) is 0 Å². The van der Waals surface area contributed by atoms with Crippen molar-refractivity contribution in [2.45, 2.75) is 12.6 Å². The predicted octanol–water partition coefficient (Wildman–Crippen LogP) is 0.625. The Hall–Kier alpha value is -2.04. The van der Waals surface area contributed by atoms with E-state index < -0.39 is 18.0 Å². The SMILES string of the molecule is O=C1NCc2ccccc2C(C(=O)O)N1. The highest BCUT2D eigenvalue weighted by molar-refractivity contribution is 5.85. The summed E-state index contributed by atoms with van der Waals surface area (Å²) in [6.07, 6.45) is 0. The molecule has 0 radical (unpaired) electrons. The van der Waals surface area contributed by atoms with Gasteiger partial charge in [-0.3, -0.25) is 0 Å². The summed E-state index contributed by atoms with van der Waals surface area (Å²) in [7, 11) is 0. The summed E-state index contributed by atoms with van der Waals surface area (Å²) in [6, 6.07) is 5.66. The summed E-state index contributed by atoms with van der Waals surface area (Å²) in [4.78, 5) is 22.2. The Labute approximate surface area is 86.1 Å². The largest absolute Gasteiger partial charge is 0.479 e. The Morgan fingerprint density at radius 2 is 2.13 bits per heavy atom. The molecule has 1 aliphatic rings. The summed E-state index contributed by atoms with van der Waals surface area (Å²) in [5.41, 5.74) is 1.45. The molecule has 0 aliphatic carbocycles. The number of aliphatic carboxylic acids is 1. The molecule has 78 valence electrons. The molecule has 3 N–H and O–H groups in total. The van der Waals surface area contributed by atoms with Crippen LogP contribution in [0.5, 0.6) is 0 Å². The average molecular weight is 206 g/mol. The highest BCUT2D eigenvalue weighted by Crippen LogP contribution is 2.20. The molecule has 0 bridgehead atoms. The average Bonchev–Trinajstić information content (AvgIpc) is 2.39. The third-order valence-electron chi connectivity index (χ3n) is 2.33. The van der Waals surface area contributed by atoms with Gasteiger partial charge in [0.1, 0.15) is 0 Å². The van der Waals surface area contributed by atoms with E-state index in [1.165, 1.54) is 0 Å². The molecule has 0 saturated heterocycles. The number of carbonyl (C=O) groups excluding carboxylic acids is 1. The van der Waals surface area contributed by atoms with Crippen LogP contribution in [0.25, 0.3) is 0 Å². The first-order valence-corrected chi connectivity index (χ1v) is 4.53. The van der Waals surface area contributed by atoms with Crippen LogP contribution in [0.4, 0.5) is 4.79 Å². The van der Waals surface area contributed by atoms with Gasteiger partial charge < -0.3 is 15.7 Å². The van der Waals surface area contributed by atoms with E-state index in [1.807, 2.05) is 6.07 Å². The molecule has 15 heavy (non-hydrogen) atoms. The quantitative estimate of drug-likeness (QED) is 0.630. The zero-order chi connectivity index (χ0) is 10.8. The zero-order valence-corrected chi connectivity index (χ0v) is 7.86. The number of carboxylic acids is 1. The van der Waals surface area contributed by atoms with E-state index in [0.717, 1.165) is 5.56 Å². The molecule has 2 amide bonds. The third kappa shape index (κ3) is 1.76. The normalized spacial score (nSPS) is 19.5. The van der Waals surface area contributed by atoms with Crippen molar-refractivity contribution in [3.05, 3.63) is 35.4 Å². The van der Waals surface area contributed by atoms with Gasteiger partial charge in [0.2, 0.25) is 0 Å². The third-order valence-corrected chi connectivity index (χ3v) is 2.33. The number of fused-ring (bicyclic) bond motifs is 1. The number of carbonyl (C=O) groups is 2. The fourth-order valence-electron chi connectivity index (χ4n) is 1.61. The molecular weight excluding hydrogens is 196 g/mol. The summed E-state index contributed by atoms with van der Waals surface area (Å²) in [5.74, 6) is -1.06. The maximum atomic E-state index is 11.2. The summed E-state index contributed by atoms with van der Waals surface area (Å²) < 4.78 is 0. The van der Waals surface area contributed by atoms with E-state index >= 15 is 0 Å². The van der Waals surface area contributed by atoms with Crippen LogP contribution in [0.1, 0.15) is 17.2 Å². The van der Waals surface area contributed by atoms with Gasteiger partial charge in [0.15, 0.2) is 6.04 Å². The number of benzene rings is 1. The Balaban J connectivity index is 2.46. The first-order chi connectivity index (χ1) is 7.18. The molecule has 2 rings (SSSR count).